The number of hydrogen-bond donors (Lipinski definition) is 1. The highest BCUT2D eigenvalue weighted by molar-refractivity contribution is 14.1. The van der Waals surface area contributed by atoms with Gasteiger partial charge < -0.3 is 9.84 Å². The van der Waals surface area contributed by atoms with Crippen molar-refractivity contribution in [3.63, 3.8) is 0 Å². The first-order chi connectivity index (χ1) is 9.11. The first kappa shape index (κ1) is 14.3. The molecule has 0 amide bonds. The van der Waals surface area contributed by atoms with Crippen LogP contribution >= 0.6 is 22.6 Å². The molecule has 1 N–H and O–H groups in total. The number of benzene rings is 2. The normalized spacial score (nSPS) is 12.2. The maximum atomic E-state index is 14.0. The van der Waals surface area contributed by atoms with Crippen molar-refractivity contribution in [1.82, 2.24) is 0 Å². The molecule has 0 aliphatic carbocycles. The van der Waals surface area contributed by atoms with Crippen molar-refractivity contribution in [2.24, 2.45) is 0 Å². The molecular weight excluding hydrogens is 358 g/mol. The van der Waals surface area contributed by atoms with Crippen molar-refractivity contribution in [2.75, 3.05) is 7.11 Å². The van der Waals surface area contributed by atoms with Crippen LogP contribution < -0.4 is 4.74 Å². The Balaban J connectivity index is 2.21. The molecule has 0 fully saturated rings. The molecule has 0 radical (unpaired) electrons. The lowest BCUT2D eigenvalue weighted by Crippen LogP contribution is -2.04. The minimum absolute atomic E-state index is 0.201. The SMILES string of the molecule is COc1cccc(CC(O)c2cccc(I)c2)c1F. The van der Waals surface area contributed by atoms with E-state index < -0.39 is 11.9 Å². The number of aliphatic hydroxyl groups is 1. The van der Waals surface area contributed by atoms with E-state index in [0.29, 0.717) is 5.56 Å². The molecule has 0 saturated heterocycles. The predicted octanol–water partition coefficient (Wildman–Crippen LogP) is 3.72. The van der Waals surface area contributed by atoms with Gasteiger partial charge in [0.05, 0.1) is 13.2 Å². The van der Waals surface area contributed by atoms with Crippen LogP contribution in [0.1, 0.15) is 17.2 Å². The maximum absolute atomic E-state index is 14.0. The van der Waals surface area contributed by atoms with Gasteiger partial charge in [-0.05, 0) is 51.9 Å². The summed E-state index contributed by atoms with van der Waals surface area (Å²) in [4.78, 5) is 0. The Hall–Kier alpha value is -1.14. The molecule has 2 aromatic rings. The fourth-order valence-electron chi connectivity index (χ4n) is 1.91. The Labute approximate surface area is 125 Å². The second-order valence-electron chi connectivity index (χ2n) is 4.21. The van der Waals surface area contributed by atoms with Crippen LogP contribution in [0.25, 0.3) is 0 Å². The fraction of sp³-hybridized carbons (Fsp3) is 0.200. The first-order valence-electron chi connectivity index (χ1n) is 5.86. The molecule has 0 bridgehead atoms. The van der Waals surface area contributed by atoms with Gasteiger partial charge in [-0.1, -0.05) is 24.3 Å². The molecule has 0 spiro atoms. The highest BCUT2D eigenvalue weighted by Crippen LogP contribution is 2.25. The summed E-state index contributed by atoms with van der Waals surface area (Å²) in [5.41, 5.74) is 1.24. The van der Waals surface area contributed by atoms with Crippen molar-refractivity contribution in [2.45, 2.75) is 12.5 Å². The highest BCUT2D eigenvalue weighted by atomic mass is 127. The van der Waals surface area contributed by atoms with Gasteiger partial charge >= 0.3 is 0 Å². The van der Waals surface area contributed by atoms with Crippen LogP contribution in [0, 0.1) is 9.39 Å². The third-order valence-corrected chi connectivity index (χ3v) is 3.58. The van der Waals surface area contributed by atoms with E-state index in [-0.39, 0.29) is 12.2 Å². The number of halogens is 2. The van der Waals surface area contributed by atoms with Gasteiger partial charge in [0.2, 0.25) is 0 Å². The summed E-state index contributed by atoms with van der Waals surface area (Å²) in [5, 5.41) is 10.2. The van der Waals surface area contributed by atoms with Crippen molar-refractivity contribution >= 4 is 22.6 Å². The molecule has 1 unspecified atom stereocenters. The van der Waals surface area contributed by atoms with Crippen LogP contribution in [-0.2, 0) is 6.42 Å². The zero-order chi connectivity index (χ0) is 13.8. The number of rotatable bonds is 4. The summed E-state index contributed by atoms with van der Waals surface area (Å²) in [6, 6.07) is 12.5. The number of aliphatic hydroxyl groups excluding tert-OH is 1. The Morgan fingerprint density at radius 2 is 2.00 bits per heavy atom. The molecule has 4 heteroatoms. The van der Waals surface area contributed by atoms with Crippen molar-refractivity contribution in [3.8, 4) is 5.75 Å². The third-order valence-electron chi connectivity index (χ3n) is 2.91. The van der Waals surface area contributed by atoms with Crippen LogP contribution in [-0.4, -0.2) is 12.2 Å². The molecular formula is C15H14FIO2. The zero-order valence-electron chi connectivity index (χ0n) is 10.4. The largest absolute Gasteiger partial charge is 0.494 e. The van der Waals surface area contributed by atoms with E-state index in [4.69, 9.17) is 4.74 Å². The Morgan fingerprint density at radius 1 is 1.26 bits per heavy atom. The molecule has 2 nitrogen and oxygen atoms in total. The minimum Gasteiger partial charge on any atom is -0.494 e. The third kappa shape index (κ3) is 3.45. The predicted molar refractivity (Wildman–Crippen MR) is 80.8 cm³/mol. The molecule has 0 heterocycles. The standard InChI is InChI=1S/C15H14FIO2/c1-19-14-7-3-5-11(15(14)16)9-13(18)10-4-2-6-12(17)8-10/h2-8,13,18H,9H2,1H3. The van der Waals surface area contributed by atoms with Crippen LogP contribution in [0.5, 0.6) is 5.75 Å². The van der Waals surface area contributed by atoms with E-state index in [9.17, 15) is 9.50 Å². The second kappa shape index (κ2) is 6.34. The molecule has 19 heavy (non-hydrogen) atoms. The minimum atomic E-state index is -0.726. The molecule has 100 valence electrons. The molecule has 0 aliphatic rings. The lowest BCUT2D eigenvalue weighted by Gasteiger charge is -2.13. The fourth-order valence-corrected chi connectivity index (χ4v) is 2.48. The quantitative estimate of drug-likeness (QED) is 0.830. The summed E-state index contributed by atoms with van der Waals surface area (Å²) in [7, 11) is 1.43. The van der Waals surface area contributed by atoms with Gasteiger partial charge in [-0.3, -0.25) is 0 Å². The number of hydrogen-bond acceptors (Lipinski definition) is 2. The summed E-state index contributed by atoms with van der Waals surface area (Å²) >= 11 is 2.18. The van der Waals surface area contributed by atoms with Crippen LogP contribution in [0.15, 0.2) is 42.5 Å². The summed E-state index contributed by atoms with van der Waals surface area (Å²) in [6.45, 7) is 0. The average molecular weight is 372 g/mol. The molecule has 0 aliphatic heterocycles. The average Bonchev–Trinajstić information content (AvgIpc) is 2.41. The van der Waals surface area contributed by atoms with Crippen LogP contribution in [0.3, 0.4) is 0 Å². The van der Waals surface area contributed by atoms with Crippen molar-refractivity contribution < 1.29 is 14.2 Å². The first-order valence-corrected chi connectivity index (χ1v) is 6.94. The smallest absolute Gasteiger partial charge is 0.168 e. The Kier molecular flexibility index (Phi) is 4.76. The number of methoxy groups -OCH3 is 1. The van der Waals surface area contributed by atoms with Crippen LogP contribution in [0.4, 0.5) is 4.39 Å². The van der Waals surface area contributed by atoms with E-state index in [1.165, 1.54) is 7.11 Å². The van der Waals surface area contributed by atoms with E-state index in [1.807, 2.05) is 24.3 Å². The van der Waals surface area contributed by atoms with Gasteiger partial charge in [-0.15, -0.1) is 0 Å². The van der Waals surface area contributed by atoms with Gasteiger partial charge in [0.25, 0.3) is 0 Å². The maximum Gasteiger partial charge on any atom is 0.168 e. The molecule has 0 saturated carbocycles. The van der Waals surface area contributed by atoms with Crippen LogP contribution in [0.2, 0.25) is 0 Å². The van der Waals surface area contributed by atoms with Gasteiger partial charge in [-0.2, -0.15) is 0 Å². The number of ether oxygens (including phenoxy) is 1. The summed E-state index contributed by atoms with van der Waals surface area (Å²) in [6.07, 6.45) is -0.500. The zero-order valence-corrected chi connectivity index (χ0v) is 12.6. The van der Waals surface area contributed by atoms with Crippen molar-refractivity contribution in [3.05, 3.63) is 63.0 Å². The van der Waals surface area contributed by atoms with Gasteiger partial charge in [0.1, 0.15) is 0 Å². The summed E-state index contributed by atoms with van der Waals surface area (Å²) < 4.78 is 20.0. The molecule has 0 aromatic heterocycles. The van der Waals surface area contributed by atoms with E-state index >= 15 is 0 Å². The Bertz CT molecular complexity index is 572. The topological polar surface area (TPSA) is 29.5 Å². The van der Waals surface area contributed by atoms with E-state index in [0.717, 1.165) is 9.13 Å². The van der Waals surface area contributed by atoms with Gasteiger partial charge in [-0.25, -0.2) is 4.39 Å². The summed E-state index contributed by atoms with van der Waals surface area (Å²) in [5.74, 6) is -0.206. The van der Waals surface area contributed by atoms with E-state index in [2.05, 4.69) is 22.6 Å². The lowest BCUT2D eigenvalue weighted by molar-refractivity contribution is 0.177. The second-order valence-corrected chi connectivity index (χ2v) is 5.45. The lowest BCUT2D eigenvalue weighted by atomic mass is 10.0. The van der Waals surface area contributed by atoms with Gasteiger partial charge in [0.15, 0.2) is 11.6 Å². The monoisotopic (exact) mass is 372 g/mol. The molecule has 2 aromatic carbocycles. The van der Waals surface area contributed by atoms with E-state index in [1.54, 1.807) is 18.2 Å². The Morgan fingerprint density at radius 3 is 2.68 bits per heavy atom. The molecule has 2 rings (SSSR count). The highest BCUT2D eigenvalue weighted by Gasteiger charge is 2.14. The van der Waals surface area contributed by atoms with Gasteiger partial charge in [0, 0.05) is 9.99 Å². The molecule has 1 atom stereocenters. The van der Waals surface area contributed by atoms with Crippen molar-refractivity contribution in [1.29, 1.82) is 0 Å².